The first-order valence-corrected chi connectivity index (χ1v) is 9.78. The molecule has 2 saturated heterocycles. The van der Waals surface area contributed by atoms with Crippen LogP contribution in [0.2, 0.25) is 0 Å². The number of rotatable bonds is 6. The third kappa shape index (κ3) is 4.61. The van der Waals surface area contributed by atoms with Crippen molar-refractivity contribution in [1.29, 1.82) is 0 Å². The highest BCUT2D eigenvalue weighted by Gasteiger charge is 2.29. The minimum absolute atomic E-state index is 0.285. The van der Waals surface area contributed by atoms with Crippen molar-refractivity contribution in [1.82, 2.24) is 19.4 Å². The summed E-state index contributed by atoms with van der Waals surface area (Å²) in [5.74, 6) is 2.04. The highest BCUT2D eigenvalue weighted by molar-refractivity contribution is 5.76. The van der Waals surface area contributed by atoms with Gasteiger partial charge in [0.15, 0.2) is 0 Å². The van der Waals surface area contributed by atoms with E-state index < -0.39 is 0 Å². The van der Waals surface area contributed by atoms with Gasteiger partial charge < -0.3 is 14.2 Å². The molecule has 0 radical (unpaired) electrons. The van der Waals surface area contributed by atoms with Gasteiger partial charge in [0, 0.05) is 64.0 Å². The summed E-state index contributed by atoms with van der Waals surface area (Å²) in [5, 5.41) is 0. The number of ether oxygens (including phenoxy) is 1. The van der Waals surface area contributed by atoms with Gasteiger partial charge in [-0.3, -0.25) is 9.69 Å². The summed E-state index contributed by atoms with van der Waals surface area (Å²) in [6.07, 6.45) is 7.52. The maximum atomic E-state index is 12.5. The number of hydrogen-bond donors (Lipinski definition) is 0. The Morgan fingerprint density at radius 3 is 2.68 bits per heavy atom. The van der Waals surface area contributed by atoms with E-state index in [1.165, 1.54) is 0 Å². The fraction of sp³-hybridized carbons (Fsp3) is 0.789. The number of piperidine rings is 1. The molecule has 2 aliphatic heterocycles. The van der Waals surface area contributed by atoms with Crippen molar-refractivity contribution >= 4 is 5.91 Å². The monoisotopic (exact) mass is 348 g/mol. The fourth-order valence-corrected chi connectivity index (χ4v) is 4.15. The maximum absolute atomic E-state index is 12.5. The lowest BCUT2D eigenvalue weighted by atomic mass is 9.89. The molecule has 140 valence electrons. The second-order valence-electron chi connectivity index (χ2n) is 7.25. The van der Waals surface area contributed by atoms with Gasteiger partial charge in [-0.1, -0.05) is 6.92 Å². The molecule has 0 unspecified atom stereocenters. The lowest BCUT2D eigenvalue weighted by Crippen LogP contribution is -2.49. The summed E-state index contributed by atoms with van der Waals surface area (Å²) in [7, 11) is 0. The van der Waals surface area contributed by atoms with Crippen molar-refractivity contribution in [3.05, 3.63) is 18.2 Å². The van der Waals surface area contributed by atoms with Crippen molar-refractivity contribution in [2.24, 2.45) is 5.92 Å². The summed E-state index contributed by atoms with van der Waals surface area (Å²) in [5.41, 5.74) is 0. The van der Waals surface area contributed by atoms with Gasteiger partial charge in [-0.15, -0.1) is 0 Å². The predicted octanol–water partition coefficient (Wildman–Crippen LogP) is 1.79. The molecular formula is C19H32N4O2. The van der Waals surface area contributed by atoms with E-state index in [9.17, 15) is 4.79 Å². The van der Waals surface area contributed by atoms with Crippen LogP contribution >= 0.6 is 0 Å². The van der Waals surface area contributed by atoms with Gasteiger partial charge in [0.05, 0.1) is 13.2 Å². The third-order valence-corrected chi connectivity index (χ3v) is 5.88. The van der Waals surface area contributed by atoms with Gasteiger partial charge in [-0.05, 0) is 25.7 Å². The van der Waals surface area contributed by atoms with Crippen molar-refractivity contribution in [3.8, 4) is 0 Å². The Morgan fingerprint density at radius 1 is 1.28 bits per heavy atom. The van der Waals surface area contributed by atoms with Crippen LogP contribution in [0.5, 0.6) is 0 Å². The van der Waals surface area contributed by atoms with Crippen molar-refractivity contribution in [2.45, 2.75) is 52.1 Å². The van der Waals surface area contributed by atoms with Crippen LogP contribution in [-0.4, -0.2) is 70.7 Å². The van der Waals surface area contributed by atoms with Gasteiger partial charge >= 0.3 is 0 Å². The van der Waals surface area contributed by atoms with Crippen LogP contribution in [0.4, 0.5) is 0 Å². The topological polar surface area (TPSA) is 50.6 Å². The molecular weight excluding hydrogens is 316 g/mol. The lowest BCUT2D eigenvalue weighted by molar-refractivity contribution is -0.133. The Bertz CT molecular complexity index is 545. The molecule has 0 bridgehead atoms. The largest absolute Gasteiger partial charge is 0.379 e. The Hall–Kier alpha value is -1.40. The highest BCUT2D eigenvalue weighted by atomic mass is 16.5. The van der Waals surface area contributed by atoms with Crippen molar-refractivity contribution in [3.63, 3.8) is 0 Å². The predicted molar refractivity (Wildman–Crippen MR) is 97.4 cm³/mol. The Morgan fingerprint density at radius 2 is 2.00 bits per heavy atom. The van der Waals surface area contributed by atoms with Crippen molar-refractivity contribution < 1.29 is 9.53 Å². The molecule has 1 atom stereocenters. The fourth-order valence-electron chi connectivity index (χ4n) is 4.15. The molecule has 0 aliphatic carbocycles. The number of likely N-dealkylation sites (tertiary alicyclic amines) is 1. The summed E-state index contributed by atoms with van der Waals surface area (Å²) in [4.78, 5) is 21.5. The minimum Gasteiger partial charge on any atom is -0.379 e. The average Bonchev–Trinajstić information content (AvgIpc) is 3.14. The van der Waals surface area contributed by atoms with Crippen LogP contribution in [-0.2, 0) is 22.5 Å². The van der Waals surface area contributed by atoms with Gasteiger partial charge in [0.1, 0.15) is 5.82 Å². The third-order valence-electron chi connectivity index (χ3n) is 5.88. The number of aromatic nitrogens is 2. The van der Waals surface area contributed by atoms with Crippen LogP contribution in [0, 0.1) is 5.92 Å². The number of morpholine rings is 1. The van der Waals surface area contributed by atoms with Crippen LogP contribution in [0.15, 0.2) is 12.4 Å². The number of nitrogens with zero attached hydrogens (tertiary/aromatic N) is 4. The zero-order valence-electron chi connectivity index (χ0n) is 15.7. The highest BCUT2D eigenvalue weighted by Crippen LogP contribution is 2.25. The number of carbonyl (C=O) groups excluding carboxylic acids is 1. The Kier molecular flexibility index (Phi) is 6.48. The zero-order chi connectivity index (χ0) is 17.6. The van der Waals surface area contributed by atoms with Gasteiger partial charge in [-0.25, -0.2) is 4.98 Å². The number of carbonyl (C=O) groups is 1. The van der Waals surface area contributed by atoms with E-state index in [2.05, 4.69) is 33.2 Å². The van der Waals surface area contributed by atoms with E-state index in [1.54, 1.807) is 0 Å². The van der Waals surface area contributed by atoms with Crippen LogP contribution in [0.3, 0.4) is 0 Å². The molecule has 6 nitrogen and oxygen atoms in total. The summed E-state index contributed by atoms with van der Waals surface area (Å²) < 4.78 is 7.56. The molecule has 1 aromatic rings. The van der Waals surface area contributed by atoms with Gasteiger partial charge in [0.25, 0.3) is 0 Å². The smallest absolute Gasteiger partial charge is 0.224 e. The molecule has 6 heteroatoms. The van der Waals surface area contributed by atoms with E-state index in [0.29, 0.717) is 18.4 Å². The molecule has 1 aromatic heterocycles. The van der Waals surface area contributed by atoms with Crippen LogP contribution in [0.1, 0.15) is 38.9 Å². The van der Waals surface area contributed by atoms with E-state index in [1.807, 2.05) is 12.4 Å². The van der Waals surface area contributed by atoms with Gasteiger partial charge in [-0.2, -0.15) is 0 Å². The molecule has 0 N–H and O–H groups in total. The molecule has 2 fully saturated rings. The summed E-state index contributed by atoms with van der Waals surface area (Å²) in [6.45, 7) is 10.8. The maximum Gasteiger partial charge on any atom is 0.224 e. The number of hydrogen-bond acceptors (Lipinski definition) is 4. The van der Waals surface area contributed by atoms with Gasteiger partial charge in [0.2, 0.25) is 5.91 Å². The molecule has 25 heavy (non-hydrogen) atoms. The minimum atomic E-state index is 0.285. The average molecular weight is 348 g/mol. The molecule has 3 heterocycles. The van der Waals surface area contributed by atoms with E-state index >= 15 is 0 Å². The molecule has 0 spiro atoms. The second-order valence-corrected chi connectivity index (χ2v) is 7.25. The summed E-state index contributed by atoms with van der Waals surface area (Å²) >= 11 is 0. The van der Waals surface area contributed by atoms with Crippen LogP contribution in [0.25, 0.3) is 0 Å². The Balaban J connectivity index is 1.42. The lowest BCUT2D eigenvalue weighted by Gasteiger charge is -2.41. The number of imidazole rings is 1. The first kappa shape index (κ1) is 18.4. The van der Waals surface area contributed by atoms with E-state index in [0.717, 1.165) is 71.0 Å². The SMILES string of the molecule is CCc1nccn1CCC(=O)N1CCC([C@@H](C)N2CCOCC2)CC1. The van der Waals surface area contributed by atoms with E-state index in [4.69, 9.17) is 4.74 Å². The quantitative estimate of drug-likeness (QED) is 0.787. The molecule has 0 saturated carbocycles. The first-order chi connectivity index (χ1) is 12.2. The summed E-state index contributed by atoms with van der Waals surface area (Å²) in [6, 6.07) is 0.596. The normalized spacial score (nSPS) is 21.4. The Labute approximate surface area is 151 Å². The molecule has 0 aromatic carbocycles. The van der Waals surface area contributed by atoms with Crippen LogP contribution < -0.4 is 0 Å². The molecule has 2 aliphatic rings. The zero-order valence-corrected chi connectivity index (χ0v) is 15.7. The standard InChI is InChI=1S/C19H32N4O2/c1-3-18-20-7-11-22(18)10-6-19(24)23-8-4-17(5-9-23)16(2)21-12-14-25-15-13-21/h7,11,16-17H,3-6,8-10,12-15H2,1-2H3/t16-/m1/s1. The second kappa shape index (κ2) is 8.81. The number of amides is 1. The van der Waals surface area contributed by atoms with E-state index in [-0.39, 0.29) is 5.91 Å². The number of aryl methyl sites for hydroxylation is 2. The van der Waals surface area contributed by atoms with Crippen molar-refractivity contribution in [2.75, 3.05) is 39.4 Å². The molecule has 1 amide bonds. The molecule has 3 rings (SSSR count). The first-order valence-electron chi connectivity index (χ1n) is 9.78.